The molecule has 1 aromatic rings. The van der Waals surface area contributed by atoms with E-state index >= 15 is 0 Å². The molecule has 104 valence electrons. The molecule has 0 aliphatic rings. The molecule has 1 heterocycles. The summed E-state index contributed by atoms with van der Waals surface area (Å²) in [5, 5.41) is 18.2. The van der Waals surface area contributed by atoms with Crippen molar-refractivity contribution in [1.82, 2.24) is 4.90 Å². The minimum absolute atomic E-state index is 0.192. The van der Waals surface area contributed by atoms with Gasteiger partial charge in [0.25, 0.3) is 5.91 Å². The van der Waals surface area contributed by atoms with Crippen LogP contribution in [-0.4, -0.2) is 46.2 Å². The Morgan fingerprint density at radius 2 is 2.05 bits per heavy atom. The van der Waals surface area contributed by atoms with Crippen molar-refractivity contribution in [3.8, 4) is 0 Å². The normalized spacial score (nSPS) is 11.8. The first-order valence-corrected chi connectivity index (χ1v) is 6.49. The number of hydrogen-bond acceptors (Lipinski definition) is 4. The standard InChI is InChI=1S/C13H17NO4S/c1-13(2,18)8-14(3)12(17)10-6-4-9(19-10)5-7-11(15)16/h4-7,18H,8H2,1-3H3,(H,15,16). The van der Waals surface area contributed by atoms with Gasteiger partial charge in [-0.15, -0.1) is 11.3 Å². The van der Waals surface area contributed by atoms with Gasteiger partial charge in [0, 0.05) is 24.5 Å². The summed E-state index contributed by atoms with van der Waals surface area (Å²) in [6, 6.07) is 3.34. The molecule has 0 radical (unpaired) electrons. The maximum Gasteiger partial charge on any atom is 0.328 e. The predicted octanol–water partition coefficient (Wildman–Crippen LogP) is 1.69. The summed E-state index contributed by atoms with van der Waals surface area (Å²) in [6.45, 7) is 3.49. The number of hydrogen-bond donors (Lipinski definition) is 2. The van der Waals surface area contributed by atoms with Crippen LogP contribution in [0.25, 0.3) is 6.08 Å². The highest BCUT2D eigenvalue weighted by atomic mass is 32.1. The molecule has 1 amide bonds. The van der Waals surface area contributed by atoms with Crippen LogP contribution >= 0.6 is 11.3 Å². The van der Waals surface area contributed by atoms with Crippen LogP contribution in [0.1, 0.15) is 28.4 Å². The Hall–Kier alpha value is -1.66. The highest BCUT2D eigenvalue weighted by Crippen LogP contribution is 2.20. The van der Waals surface area contributed by atoms with E-state index in [0.29, 0.717) is 9.75 Å². The molecule has 0 fully saturated rings. The van der Waals surface area contributed by atoms with Gasteiger partial charge in [0.2, 0.25) is 0 Å². The van der Waals surface area contributed by atoms with Crippen LogP contribution < -0.4 is 0 Å². The zero-order valence-corrected chi connectivity index (χ0v) is 11.9. The SMILES string of the molecule is CN(CC(C)(C)O)C(=O)c1ccc(C=CC(=O)O)s1. The summed E-state index contributed by atoms with van der Waals surface area (Å²) < 4.78 is 0. The van der Waals surface area contributed by atoms with E-state index in [-0.39, 0.29) is 12.5 Å². The molecule has 1 rings (SSSR count). The molecule has 0 saturated heterocycles. The first-order valence-electron chi connectivity index (χ1n) is 5.68. The number of carboxylic acids is 1. The van der Waals surface area contributed by atoms with E-state index in [2.05, 4.69) is 0 Å². The maximum absolute atomic E-state index is 12.1. The molecule has 0 aliphatic carbocycles. The van der Waals surface area contributed by atoms with E-state index in [1.165, 1.54) is 22.3 Å². The third-order valence-electron chi connectivity index (χ3n) is 2.20. The van der Waals surface area contributed by atoms with Gasteiger partial charge in [-0.3, -0.25) is 4.79 Å². The molecule has 0 unspecified atom stereocenters. The first-order chi connectivity index (χ1) is 8.69. The van der Waals surface area contributed by atoms with Gasteiger partial charge < -0.3 is 15.1 Å². The Bertz CT molecular complexity index is 499. The van der Waals surface area contributed by atoms with E-state index in [1.807, 2.05) is 0 Å². The van der Waals surface area contributed by atoms with Crippen LogP contribution in [0.5, 0.6) is 0 Å². The third kappa shape index (κ3) is 5.23. The Morgan fingerprint density at radius 1 is 1.42 bits per heavy atom. The lowest BCUT2D eigenvalue weighted by Gasteiger charge is -2.25. The number of carboxylic acid groups (broad SMARTS) is 1. The predicted molar refractivity (Wildman–Crippen MR) is 74.2 cm³/mol. The fourth-order valence-electron chi connectivity index (χ4n) is 1.55. The second-order valence-electron chi connectivity index (χ2n) is 4.85. The Balaban J connectivity index is 2.76. The lowest BCUT2D eigenvalue weighted by molar-refractivity contribution is -0.131. The smallest absolute Gasteiger partial charge is 0.328 e. The number of carbonyl (C=O) groups excluding carboxylic acids is 1. The zero-order valence-electron chi connectivity index (χ0n) is 11.1. The Kier molecular flexibility index (Phi) is 4.85. The minimum Gasteiger partial charge on any atom is -0.478 e. The number of amides is 1. The van der Waals surface area contributed by atoms with Crippen molar-refractivity contribution in [2.45, 2.75) is 19.4 Å². The van der Waals surface area contributed by atoms with Crippen molar-refractivity contribution in [2.24, 2.45) is 0 Å². The van der Waals surface area contributed by atoms with Crippen LogP contribution in [0.3, 0.4) is 0 Å². The number of aliphatic hydroxyl groups is 1. The van der Waals surface area contributed by atoms with Gasteiger partial charge in [-0.1, -0.05) is 0 Å². The van der Waals surface area contributed by atoms with Crippen LogP contribution in [0, 0.1) is 0 Å². The van der Waals surface area contributed by atoms with Crippen LogP contribution in [0.15, 0.2) is 18.2 Å². The zero-order chi connectivity index (χ0) is 14.6. The van der Waals surface area contributed by atoms with Crippen molar-refractivity contribution in [2.75, 3.05) is 13.6 Å². The summed E-state index contributed by atoms with van der Waals surface area (Å²) in [7, 11) is 1.62. The minimum atomic E-state index is -1.03. The van der Waals surface area contributed by atoms with E-state index in [0.717, 1.165) is 6.08 Å². The molecule has 19 heavy (non-hydrogen) atoms. The summed E-state index contributed by atoms with van der Waals surface area (Å²) in [5.41, 5.74) is -0.951. The van der Waals surface area contributed by atoms with E-state index in [1.54, 1.807) is 33.0 Å². The Morgan fingerprint density at radius 3 is 2.58 bits per heavy atom. The number of nitrogens with zero attached hydrogens (tertiary/aromatic N) is 1. The van der Waals surface area contributed by atoms with Crippen molar-refractivity contribution in [3.63, 3.8) is 0 Å². The van der Waals surface area contributed by atoms with Gasteiger partial charge in [0.1, 0.15) is 0 Å². The molecule has 5 nitrogen and oxygen atoms in total. The molecule has 2 N–H and O–H groups in total. The van der Waals surface area contributed by atoms with Gasteiger partial charge in [0.15, 0.2) is 0 Å². The van der Waals surface area contributed by atoms with Gasteiger partial charge in [-0.25, -0.2) is 4.79 Å². The number of rotatable bonds is 5. The van der Waals surface area contributed by atoms with Gasteiger partial charge in [-0.2, -0.15) is 0 Å². The lowest BCUT2D eigenvalue weighted by Crippen LogP contribution is -2.39. The summed E-state index contributed by atoms with van der Waals surface area (Å²) in [5.74, 6) is -1.22. The van der Waals surface area contributed by atoms with Crippen molar-refractivity contribution < 1.29 is 19.8 Å². The number of aliphatic carboxylic acids is 1. The van der Waals surface area contributed by atoms with Crippen LogP contribution in [-0.2, 0) is 4.79 Å². The largest absolute Gasteiger partial charge is 0.478 e. The number of carbonyl (C=O) groups is 2. The molecular weight excluding hydrogens is 266 g/mol. The summed E-state index contributed by atoms with van der Waals surface area (Å²) in [4.78, 5) is 25.1. The van der Waals surface area contributed by atoms with Crippen molar-refractivity contribution in [3.05, 3.63) is 28.0 Å². The fraction of sp³-hybridized carbons (Fsp3) is 0.385. The van der Waals surface area contributed by atoms with Gasteiger partial charge in [0.05, 0.1) is 10.5 Å². The fourth-order valence-corrected chi connectivity index (χ4v) is 2.46. The number of thiophene rings is 1. The molecule has 0 spiro atoms. The van der Waals surface area contributed by atoms with E-state index in [4.69, 9.17) is 5.11 Å². The van der Waals surface area contributed by atoms with Crippen LogP contribution in [0.4, 0.5) is 0 Å². The topological polar surface area (TPSA) is 77.8 Å². The highest BCUT2D eigenvalue weighted by Gasteiger charge is 2.21. The van der Waals surface area contributed by atoms with Gasteiger partial charge in [-0.05, 0) is 32.1 Å². The summed E-state index contributed by atoms with van der Waals surface area (Å²) in [6.07, 6.45) is 2.47. The first kappa shape index (κ1) is 15.4. The van der Waals surface area contributed by atoms with Gasteiger partial charge >= 0.3 is 5.97 Å². The van der Waals surface area contributed by atoms with E-state index in [9.17, 15) is 14.7 Å². The second kappa shape index (κ2) is 5.99. The molecule has 0 aliphatic heterocycles. The van der Waals surface area contributed by atoms with Crippen LogP contribution in [0.2, 0.25) is 0 Å². The molecule has 0 atom stereocenters. The number of likely N-dealkylation sites (N-methyl/N-ethyl adjacent to an activating group) is 1. The highest BCUT2D eigenvalue weighted by molar-refractivity contribution is 7.14. The van der Waals surface area contributed by atoms with Crippen molar-refractivity contribution in [1.29, 1.82) is 0 Å². The van der Waals surface area contributed by atoms with E-state index < -0.39 is 11.6 Å². The molecule has 0 bridgehead atoms. The molecule has 0 saturated carbocycles. The molecule has 1 aromatic heterocycles. The molecule has 0 aromatic carbocycles. The Labute approximate surface area is 115 Å². The second-order valence-corrected chi connectivity index (χ2v) is 5.96. The average Bonchev–Trinajstić information content (AvgIpc) is 2.71. The lowest BCUT2D eigenvalue weighted by atomic mass is 10.1. The maximum atomic E-state index is 12.1. The third-order valence-corrected chi connectivity index (χ3v) is 3.24. The van der Waals surface area contributed by atoms with Crippen molar-refractivity contribution >= 4 is 29.3 Å². The monoisotopic (exact) mass is 283 g/mol. The summed E-state index contributed by atoms with van der Waals surface area (Å²) >= 11 is 1.21. The quantitative estimate of drug-likeness (QED) is 0.806. The molecular formula is C13H17NO4S. The molecule has 6 heteroatoms. The average molecular weight is 283 g/mol.